The highest BCUT2D eigenvalue weighted by Gasteiger charge is 2.17. The Hall–Kier alpha value is -6.88. The first-order valence-corrected chi connectivity index (χ1v) is 15.7. The predicted molar refractivity (Wildman–Crippen MR) is 192 cm³/mol. The fourth-order valence-electron chi connectivity index (χ4n) is 6.89. The van der Waals surface area contributed by atoms with Crippen molar-refractivity contribution in [1.29, 1.82) is 10.5 Å². The summed E-state index contributed by atoms with van der Waals surface area (Å²) in [6.45, 7) is 0. The molecule has 2 heterocycles. The number of benzene rings is 7. The van der Waals surface area contributed by atoms with Crippen LogP contribution in [0.15, 0.2) is 154 Å². The molecule has 0 N–H and O–H groups in total. The largest absolute Gasteiger partial charge is 0.455 e. The van der Waals surface area contributed by atoms with Gasteiger partial charge in [0.25, 0.3) is 0 Å². The lowest BCUT2D eigenvalue weighted by atomic mass is 9.89. The molecule has 222 valence electrons. The van der Waals surface area contributed by atoms with Crippen LogP contribution in [0.3, 0.4) is 0 Å². The molecular formula is C44H24N2O2. The van der Waals surface area contributed by atoms with Crippen LogP contribution in [0, 0.1) is 22.7 Å². The lowest BCUT2D eigenvalue weighted by Gasteiger charge is -2.12. The van der Waals surface area contributed by atoms with Crippen LogP contribution in [0.5, 0.6) is 0 Å². The van der Waals surface area contributed by atoms with Crippen LogP contribution in [0.1, 0.15) is 11.1 Å². The van der Waals surface area contributed by atoms with Crippen molar-refractivity contribution in [1.82, 2.24) is 0 Å². The van der Waals surface area contributed by atoms with E-state index in [1.165, 1.54) is 0 Å². The number of nitrogens with zero attached hydrogens (tertiary/aromatic N) is 2. The van der Waals surface area contributed by atoms with E-state index in [1.807, 2.05) is 103 Å². The van der Waals surface area contributed by atoms with Gasteiger partial charge in [-0.1, -0.05) is 115 Å². The summed E-state index contributed by atoms with van der Waals surface area (Å²) in [4.78, 5) is 0. The molecule has 0 atom stereocenters. The molecule has 0 saturated heterocycles. The highest BCUT2D eigenvalue weighted by Crippen LogP contribution is 2.40. The molecule has 0 aliphatic heterocycles. The maximum Gasteiger partial charge on any atom is 0.143 e. The van der Waals surface area contributed by atoms with Gasteiger partial charge in [-0.05, 0) is 52.6 Å². The fourth-order valence-corrected chi connectivity index (χ4v) is 6.89. The van der Waals surface area contributed by atoms with Crippen molar-refractivity contribution < 1.29 is 8.83 Å². The van der Waals surface area contributed by atoms with Crippen molar-refractivity contribution in [2.75, 3.05) is 0 Å². The lowest BCUT2D eigenvalue weighted by molar-refractivity contribution is 0.669. The van der Waals surface area contributed by atoms with E-state index in [9.17, 15) is 10.5 Å². The Balaban J connectivity index is 1.11. The average molecular weight is 613 g/mol. The maximum absolute atomic E-state index is 10.3. The molecule has 0 aliphatic rings. The molecule has 4 nitrogen and oxygen atoms in total. The van der Waals surface area contributed by atoms with Crippen LogP contribution < -0.4 is 0 Å². The maximum atomic E-state index is 10.3. The molecule has 0 fully saturated rings. The Labute approximate surface area is 275 Å². The van der Waals surface area contributed by atoms with E-state index in [-0.39, 0.29) is 0 Å². The summed E-state index contributed by atoms with van der Waals surface area (Å²) in [6.07, 6.45) is 0. The molecular weight excluding hydrogens is 588 g/mol. The minimum Gasteiger partial charge on any atom is -0.455 e. The number of rotatable bonds is 4. The van der Waals surface area contributed by atoms with Crippen molar-refractivity contribution >= 4 is 43.9 Å². The quantitative estimate of drug-likeness (QED) is 0.198. The standard InChI is InChI=1S/C44H24N2O2/c45-25-31-24-40(30-9-5-8-29(22-30)34-13-7-15-38-36-11-2-4-17-42(36)48-44(34)38)32(26-46)23-39(31)28-20-18-27(19-21-28)33-12-6-14-37-35-10-1-3-16-41(35)47-43(33)37/h1-24H. The van der Waals surface area contributed by atoms with Gasteiger partial charge in [0.15, 0.2) is 0 Å². The highest BCUT2D eigenvalue weighted by molar-refractivity contribution is 6.10. The molecule has 0 unspecified atom stereocenters. The second-order valence-corrected chi connectivity index (χ2v) is 11.9. The minimum atomic E-state index is 0.499. The SMILES string of the molecule is N#Cc1cc(-c2cccc(-c3cccc4c3oc3ccccc34)c2)c(C#N)cc1-c1ccc(-c2cccc3c2oc2ccccc23)cc1. The molecule has 2 aromatic heterocycles. The molecule has 0 radical (unpaired) electrons. The topological polar surface area (TPSA) is 73.9 Å². The van der Waals surface area contributed by atoms with Crippen molar-refractivity contribution in [3.63, 3.8) is 0 Å². The monoisotopic (exact) mass is 612 g/mol. The molecule has 9 rings (SSSR count). The van der Waals surface area contributed by atoms with Crippen LogP contribution in [0.4, 0.5) is 0 Å². The molecule has 4 heteroatoms. The summed E-state index contributed by atoms with van der Waals surface area (Å²) in [5, 5.41) is 24.9. The van der Waals surface area contributed by atoms with E-state index < -0.39 is 0 Å². The van der Waals surface area contributed by atoms with E-state index in [0.717, 1.165) is 82.8 Å². The third-order valence-electron chi connectivity index (χ3n) is 9.20. The number of hydrogen-bond acceptors (Lipinski definition) is 4. The Morgan fingerprint density at radius 2 is 0.771 bits per heavy atom. The van der Waals surface area contributed by atoms with Gasteiger partial charge in [-0.25, -0.2) is 0 Å². The Bertz CT molecular complexity index is 2800. The van der Waals surface area contributed by atoms with Gasteiger partial charge in [0.2, 0.25) is 0 Å². The van der Waals surface area contributed by atoms with Gasteiger partial charge in [0.1, 0.15) is 22.3 Å². The first kappa shape index (κ1) is 27.4. The summed E-state index contributed by atoms with van der Waals surface area (Å²) in [5.41, 5.74) is 11.5. The van der Waals surface area contributed by atoms with Crippen molar-refractivity contribution in [2.24, 2.45) is 0 Å². The third kappa shape index (κ3) is 4.29. The molecule has 0 bridgehead atoms. The van der Waals surface area contributed by atoms with Crippen LogP contribution in [-0.4, -0.2) is 0 Å². The predicted octanol–water partition coefficient (Wildman–Crippen LogP) is 11.9. The number of fused-ring (bicyclic) bond motifs is 6. The fraction of sp³-hybridized carbons (Fsp3) is 0. The van der Waals surface area contributed by atoms with Gasteiger partial charge in [0, 0.05) is 43.8 Å². The van der Waals surface area contributed by atoms with E-state index >= 15 is 0 Å². The number of hydrogen-bond donors (Lipinski definition) is 0. The zero-order valence-corrected chi connectivity index (χ0v) is 25.6. The summed E-state index contributed by atoms with van der Waals surface area (Å²) >= 11 is 0. The van der Waals surface area contributed by atoms with Gasteiger partial charge in [-0.2, -0.15) is 10.5 Å². The number of nitriles is 2. The third-order valence-corrected chi connectivity index (χ3v) is 9.20. The molecule has 0 aliphatic carbocycles. The van der Waals surface area contributed by atoms with Crippen molar-refractivity contribution in [2.45, 2.75) is 0 Å². The van der Waals surface area contributed by atoms with Crippen LogP contribution >= 0.6 is 0 Å². The summed E-state index contributed by atoms with van der Waals surface area (Å²) in [5.74, 6) is 0. The number of furan rings is 2. The molecule has 9 aromatic rings. The molecule has 0 amide bonds. The zero-order valence-electron chi connectivity index (χ0n) is 25.6. The van der Waals surface area contributed by atoms with E-state index in [0.29, 0.717) is 16.7 Å². The van der Waals surface area contributed by atoms with Gasteiger partial charge >= 0.3 is 0 Å². The zero-order chi connectivity index (χ0) is 32.2. The Morgan fingerprint density at radius 1 is 0.354 bits per heavy atom. The van der Waals surface area contributed by atoms with E-state index in [2.05, 4.69) is 54.6 Å². The van der Waals surface area contributed by atoms with Gasteiger partial charge in [-0.15, -0.1) is 0 Å². The first-order chi connectivity index (χ1) is 23.7. The molecule has 0 spiro atoms. The second kappa shape index (κ2) is 10.9. The van der Waals surface area contributed by atoms with Crippen LogP contribution in [0.2, 0.25) is 0 Å². The van der Waals surface area contributed by atoms with Crippen LogP contribution in [0.25, 0.3) is 88.4 Å². The Morgan fingerprint density at radius 3 is 1.31 bits per heavy atom. The second-order valence-electron chi connectivity index (χ2n) is 11.9. The normalized spacial score (nSPS) is 11.3. The minimum absolute atomic E-state index is 0.499. The highest BCUT2D eigenvalue weighted by atomic mass is 16.3. The van der Waals surface area contributed by atoms with E-state index in [4.69, 9.17) is 8.83 Å². The number of para-hydroxylation sites is 4. The molecule has 0 saturated carbocycles. The van der Waals surface area contributed by atoms with Gasteiger partial charge < -0.3 is 8.83 Å². The smallest absolute Gasteiger partial charge is 0.143 e. The van der Waals surface area contributed by atoms with E-state index in [1.54, 1.807) is 0 Å². The van der Waals surface area contributed by atoms with Gasteiger partial charge in [0.05, 0.1) is 23.3 Å². The van der Waals surface area contributed by atoms with Crippen molar-refractivity contribution in [3.05, 3.63) is 157 Å². The Kier molecular flexibility index (Phi) is 6.22. The van der Waals surface area contributed by atoms with Gasteiger partial charge in [-0.3, -0.25) is 0 Å². The summed E-state index contributed by atoms with van der Waals surface area (Å²) in [7, 11) is 0. The summed E-state index contributed by atoms with van der Waals surface area (Å²) in [6, 6.07) is 53.1. The molecule has 7 aromatic carbocycles. The first-order valence-electron chi connectivity index (χ1n) is 15.7. The summed E-state index contributed by atoms with van der Waals surface area (Å²) < 4.78 is 12.6. The molecule has 48 heavy (non-hydrogen) atoms. The van der Waals surface area contributed by atoms with Crippen LogP contribution in [-0.2, 0) is 0 Å². The lowest BCUT2D eigenvalue weighted by Crippen LogP contribution is -1.92. The van der Waals surface area contributed by atoms with Crippen molar-refractivity contribution in [3.8, 4) is 56.6 Å². The average Bonchev–Trinajstić information content (AvgIpc) is 3.73.